The number of hydrogen-bond donors (Lipinski definition) is 0. The number of hydrogen-bond acceptors (Lipinski definition) is 3. The second kappa shape index (κ2) is 3.22. The Hall–Kier alpha value is -1.27. The predicted octanol–water partition coefficient (Wildman–Crippen LogP) is 0.741. The fourth-order valence-electron chi connectivity index (χ4n) is 1.00. The van der Waals surface area contributed by atoms with E-state index in [1.165, 1.54) is 0 Å². The zero-order valence-electron chi connectivity index (χ0n) is 6.73. The number of nitriles is 1. The number of nitrogens with zero attached hydrogens (tertiary/aromatic N) is 3. The lowest BCUT2D eigenvalue weighted by molar-refractivity contribution is 0.217. The SMILES string of the molecule is CN(C)C1C=CC=CN1C#N. The maximum absolute atomic E-state index is 8.67. The molecule has 1 unspecified atom stereocenters. The normalized spacial score (nSPS) is 22.4. The molecule has 1 aliphatic rings. The van der Waals surface area contributed by atoms with Crippen LogP contribution >= 0.6 is 0 Å². The van der Waals surface area contributed by atoms with Gasteiger partial charge in [0.05, 0.1) is 0 Å². The first-order valence-corrected chi connectivity index (χ1v) is 3.45. The van der Waals surface area contributed by atoms with E-state index in [0.717, 1.165) is 0 Å². The summed E-state index contributed by atoms with van der Waals surface area (Å²) in [6, 6.07) is 0. The lowest BCUT2D eigenvalue weighted by Gasteiger charge is -2.28. The third-order valence-corrected chi connectivity index (χ3v) is 1.57. The highest BCUT2D eigenvalue weighted by Gasteiger charge is 2.14. The van der Waals surface area contributed by atoms with Gasteiger partial charge < -0.3 is 0 Å². The first-order chi connectivity index (χ1) is 5.25. The largest absolute Gasteiger partial charge is 0.285 e. The van der Waals surface area contributed by atoms with E-state index in [1.807, 2.05) is 37.2 Å². The van der Waals surface area contributed by atoms with Crippen molar-refractivity contribution < 1.29 is 0 Å². The van der Waals surface area contributed by atoms with Crippen LogP contribution < -0.4 is 0 Å². The van der Waals surface area contributed by atoms with Gasteiger partial charge in [0.15, 0.2) is 6.19 Å². The van der Waals surface area contributed by atoms with Crippen LogP contribution in [0.4, 0.5) is 0 Å². The highest BCUT2D eigenvalue weighted by Crippen LogP contribution is 2.08. The first kappa shape index (κ1) is 7.83. The lowest BCUT2D eigenvalue weighted by Crippen LogP contribution is -2.38. The smallest absolute Gasteiger partial charge is 0.185 e. The van der Waals surface area contributed by atoms with Crippen molar-refractivity contribution in [3.63, 3.8) is 0 Å². The molecule has 0 spiro atoms. The molecule has 1 aliphatic heterocycles. The summed E-state index contributed by atoms with van der Waals surface area (Å²) in [5.74, 6) is 0. The highest BCUT2D eigenvalue weighted by atomic mass is 15.3. The Morgan fingerprint density at radius 2 is 2.18 bits per heavy atom. The van der Waals surface area contributed by atoms with Gasteiger partial charge in [-0.3, -0.25) is 9.80 Å². The Morgan fingerprint density at radius 1 is 1.45 bits per heavy atom. The van der Waals surface area contributed by atoms with Crippen molar-refractivity contribution in [2.45, 2.75) is 6.17 Å². The third kappa shape index (κ3) is 1.60. The van der Waals surface area contributed by atoms with E-state index >= 15 is 0 Å². The zero-order chi connectivity index (χ0) is 8.27. The summed E-state index contributed by atoms with van der Waals surface area (Å²) >= 11 is 0. The van der Waals surface area contributed by atoms with Gasteiger partial charge in [0.1, 0.15) is 6.17 Å². The Labute approximate surface area is 66.8 Å². The second-order valence-corrected chi connectivity index (χ2v) is 2.61. The third-order valence-electron chi connectivity index (χ3n) is 1.57. The van der Waals surface area contributed by atoms with E-state index in [9.17, 15) is 0 Å². The molecule has 0 bridgehead atoms. The van der Waals surface area contributed by atoms with Crippen molar-refractivity contribution in [3.05, 3.63) is 24.4 Å². The van der Waals surface area contributed by atoms with E-state index in [0.29, 0.717) is 0 Å². The highest BCUT2D eigenvalue weighted by molar-refractivity contribution is 5.15. The van der Waals surface area contributed by atoms with Gasteiger partial charge in [-0.05, 0) is 26.2 Å². The molecule has 3 heteroatoms. The maximum atomic E-state index is 8.67. The molecule has 0 aliphatic carbocycles. The summed E-state index contributed by atoms with van der Waals surface area (Å²) in [7, 11) is 3.89. The summed E-state index contributed by atoms with van der Waals surface area (Å²) in [4.78, 5) is 3.57. The molecular weight excluding hydrogens is 138 g/mol. The summed E-state index contributed by atoms with van der Waals surface area (Å²) in [6.45, 7) is 0. The van der Waals surface area contributed by atoms with E-state index in [-0.39, 0.29) is 6.17 Å². The molecule has 11 heavy (non-hydrogen) atoms. The van der Waals surface area contributed by atoms with Crippen molar-refractivity contribution >= 4 is 0 Å². The van der Waals surface area contributed by atoms with Crippen LogP contribution in [-0.2, 0) is 0 Å². The molecule has 3 nitrogen and oxygen atoms in total. The van der Waals surface area contributed by atoms with Gasteiger partial charge in [0, 0.05) is 6.20 Å². The zero-order valence-corrected chi connectivity index (χ0v) is 6.73. The van der Waals surface area contributed by atoms with Crippen LogP contribution in [0.2, 0.25) is 0 Å². The maximum Gasteiger partial charge on any atom is 0.185 e. The van der Waals surface area contributed by atoms with Crippen molar-refractivity contribution in [2.75, 3.05) is 14.1 Å². The molecule has 0 radical (unpaired) electrons. The van der Waals surface area contributed by atoms with E-state index in [2.05, 4.69) is 6.19 Å². The van der Waals surface area contributed by atoms with E-state index in [4.69, 9.17) is 5.26 Å². The molecule has 58 valence electrons. The Morgan fingerprint density at radius 3 is 2.64 bits per heavy atom. The van der Waals surface area contributed by atoms with Crippen LogP contribution in [0, 0.1) is 11.5 Å². The van der Waals surface area contributed by atoms with Crippen molar-refractivity contribution in [1.82, 2.24) is 9.80 Å². The average Bonchev–Trinajstić information content (AvgIpc) is 2.04. The summed E-state index contributed by atoms with van der Waals surface area (Å²) in [6.07, 6.45) is 9.70. The minimum atomic E-state index is 0.0741. The van der Waals surface area contributed by atoms with Crippen LogP contribution in [0.3, 0.4) is 0 Å². The van der Waals surface area contributed by atoms with Gasteiger partial charge in [-0.25, -0.2) is 0 Å². The molecule has 0 aromatic carbocycles. The van der Waals surface area contributed by atoms with Crippen LogP contribution in [0.25, 0.3) is 0 Å². The van der Waals surface area contributed by atoms with Crippen LogP contribution in [0.15, 0.2) is 24.4 Å². The molecule has 0 amide bonds. The monoisotopic (exact) mass is 149 g/mol. The fraction of sp³-hybridized carbons (Fsp3) is 0.375. The van der Waals surface area contributed by atoms with Gasteiger partial charge >= 0.3 is 0 Å². The van der Waals surface area contributed by atoms with Crippen LogP contribution in [-0.4, -0.2) is 30.1 Å². The van der Waals surface area contributed by atoms with Gasteiger partial charge in [-0.15, -0.1) is 0 Å². The number of allylic oxidation sites excluding steroid dienone is 2. The molecule has 0 fully saturated rings. The molecule has 1 rings (SSSR count). The van der Waals surface area contributed by atoms with Crippen molar-refractivity contribution in [3.8, 4) is 6.19 Å². The molecule has 0 aromatic heterocycles. The van der Waals surface area contributed by atoms with Gasteiger partial charge in [0.25, 0.3) is 0 Å². The molecule has 0 saturated heterocycles. The lowest BCUT2D eigenvalue weighted by atomic mass is 10.3. The van der Waals surface area contributed by atoms with Gasteiger partial charge in [0.2, 0.25) is 0 Å². The Bertz CT molecular complexity index is 222. The quantitative estimate of drug-likeness (QED) is 0.515. The topological polar surface area (TPSA) is 30.3 Å². The molecule has 0 N–H and O–H groups in total. The molecule has 1 heterocycles. The first-order valence-electron chi connectivity index (χ1n) is 3.45. The van der Waals surface area contributed by atoms with E-state index < -0.39 is 0 Å². The fourth-order valence-corrected chi connectivity index (χ4v) is 1.00. The second-order valence-electron chi connectivity index (χ2n) is 2.61. The van der Waals surface area contributed by atoms with Crippen LogP contribution in [0.1, 0.15) is 0 Å². The predicted molar refractivity (Wildman–Crippen MR) is 43.2 cm³/mol. The molecule has 1 atom stereocenters. The number of likely N-dealkylation sites (N-methyl/N-ethyl adjacent to an activating group) is 1. The van der Waals surface area contributed by atoms with E-state index in [1.54, 1.807) is 11.1 Å². The van der Waals surface area contributed by atoms with Gasteiger partial charge in [-0.2, -0.15) is 5.26 Å². The Kier molecular flexibility index (Phi) is 2.29. The van der Waals surface area contributed by atoms with Gasteiger partial charge in [-0.1, -0.05) is 6.08 Å². The molecular formula is C8H11N3. The minimum Gasteiger partial charge on any atom is -0.285 e. The van der Waals surface area contributed by atoms with Crippen molar-refractivity contribution in [1.29, 1.82) is 5.26 Å². The molecule has 0 saturated carbocycles. The Balaban J connectivity index is 2.73. The molecule has 0 aromatic rings. The summed E-state index contributed by atoms with van der Waals surface area (Å²) in [5.41, 5.74) is 0. The number of rotatable bonds is 1. The standard InChI is InChI=1S/C8H11N3/c1-10(2)8-5-3-4-6-11(8)7-9/h3-6,8H,1-2H3. The average molecular weight is 149 g/mol. The summed E-state index contributed by atoms with van der Waals surface area (Å²) < 4.78 is 0. The summed E-state index contributed by atoms with van der Waals surface area (Å²) in [5, 5.41) is 8.67. The van der Waals surface area contributed by atoms with Crippen molar-refractivity contribution in [2.24, 2.45) is 0 Å². The minimum absolute atomic E-state index is 0.0741. The van der Waals surface area contributed by atoms with Crippen LogP contribution in [0.5, 0.6) is 0 Å².